The molecule has 0 aromatic heterocycles. The fourth-order valence-electron chi connectivity index (χ4n) is 2.01. The van der Waals surface area contributed by atoms with Crippen LogP contribution >= 0.6 is 0 Å². The van der Waals surface area contributed by atoms with Gasteiger partial charge in [-0.1, -0.05) is 6.92 Å². The van der Waals surface area contributed by atoms with Gasteiger partial charge in [0.2, 0.25) is 10.0 Å². The first-order chi connectivity index (χ1) is 8.64. The monoisotopic (exact) mass is 269 g/mol. The molecule has 1 aliphatic heterocycles. The Balaban J connectivity index is 2.13. The number of rotatable bonds is 5. The van der Waals surface area contributed by atoms with E-state index in [0.29, 0.717) is 24.6 Å². The lowest BCUT2D eigenvalue weighted by atomic mass is 10.3. The van der Waals surface area contributed by atoms with Gasteiger partial charge in [0.05, 0.1) is 11.5 Å². The molecule has 1 aromatic carbocycles. The lowest BCUT2D eigenvalue weighted by Crippen LogP contribution is -2.27. The summed E-state index contributed by atoms with van der Waals surface area (Å²) in [5, 5.41) is 0. The van der Waals surface area contributed by atoms with Crippen LogP contribution < -0.4 is 4.74 Å². The number of nitrogens with zero attached hydrogens (tertiary/aromatic N) is 1. The van der Waals surface area contributed by atoms with Crippen molar-refractivity contribution < 1.29 is 13.2 Å². The summed E-state index contributed by atoms with van der Waals surface area (Å²) < 4.78 is 31.5. The summed E-state index contributed by atoms with van der Waals surface area (Å²) >= 11 is 0. The van der Waals surface area contributed by atoms with E-state index < -0.39 is 10.0 Å². The summed E-state index contributed by atoms with van der Waals surface area (Å²) in [5.74, 6) is 0.720. The fraction of sp³-hybridized carbons (Fsp3) is 0.538. The van der Waals surface area contributed by atoms with E-state index in [0.717, 1.165) is 25.0 Å². The average molecular weight is 269 g/mol. The molecule has 1 fully saturated rings. The van der Waals surface area contributed by atoms with Crippen LogP contribution in [0.3, 0.4) is 0 Å². The van der Waals surface area contributed by atoms with Crippen LogP contribution in [-0.2, 0) is 10.0 Å². The molecule has 0 bridgehead atoms. The topological polar surface area (TPSA) is 46.6 Å². The minimum atomic E-state index is -3.30. The van der Waals surface area contributed by atoms with E-state index in [9.17, 15) is 8.42 Å². The van der Waals surface area contributed by atoms with Crippen LogP contribution in [0.5, 0.6) is 5.75 Å². The van der Waals surface area contributed by atoms with Gasteiger partial charge in [-0.25, -0.2) is 8.42 Å². The van der Waals surface area contributed by atoms with Crippen molar-refractivity contribution in [1.82, 2.24) is 4.31 Å². The van der Waals surface area contributed by atoms with Crippen LogP contribution in [0.2, 0.25) is 0 Å². The molecular formula is C13H19NO3S. The molecule has 4 nitrogen and oxygen atoms in total. The molecule has 2 rings (SSSR count). The minimum absolute atomic E-state index is 0.355. The fourth-order valence-corrected chi connectivity index (χ4v) is 3.52. The number of sulfonamides is 1. The van der Waals surface area contributed by atoms with Gasteiger partial charge in [-0.05, 0) is 43.5 Å². The Morgan fingerprint density at radius 1 is 1.17 bits per heavy atom. The van der Waals surface area contributed by atoms with E-state index in [1.165, 1.54) is 0 Å². The molecule has 0 atom stereocenters. The van der Waals surface area contributed by atoms with E-state index in [1.807, 2.05) is 6.92 Å². The molecule has 0 amide bonds. The molecule has 18 heavy (non-hydrogen) atoms. The van der Waals surface area contributed by atoms with Crippen LogP contribution in [-0.4, -0.2) is 32.4 Å². The highest BCUT2D eigenvalue weighted by molar-refractivity contribution is 7.89. The maximum absolute atomic E-state index is 12.2. The van der Waals surface area contributed by atoms with Crippen molar-refractivity contribution >= 4 is 10.0 Å². The molecular weight excluding hydrogens is 250 g/mol. The predicted octanol–water partition coefficient (Wildman–Crippen LogP) is 2.26. The maximum atomic E-state index is 12.2. The van der Waals surface area contributed by atoms with Gasteiger partial charge >= 0.3 is 0 Å². The Kier molecular flexibility index (Phi) is 4.24. The SMILES string of the molecule is CCCOc1ccc(S(=O)(=O)N2CCCC2)cc1. The van der Waals surface area contributed by atoms with Crippen molar-refractivity contribution in [2.24, 2.45) is 0 Å². The Morgan fingerprint density at radius 3 is 2.33 bits per heavy atom. The van der Waals surface area contributed by atoms with E-state index in [4.69, 9.17) is 4.74 Å². The summed E-state index contributed by atoms with van der Waals surface area (Å²) in [4.78, 5) is 0.355. The molecule has 100 valence electrons. The van der Waals surface area contributed by atoms with Gasteiger partial charge in [0.1, 0.15) is 5.75 Å². The molecule has 0 saturated carbocycles. The Labute approximate surface area is 109 Å². The van der Waals surface area contributed by atoms with Gasteiger partial charge < -0.3 is 4.74 Å². The first kappa shape index (κ1) is 13.4. The lowest BCUT2D eigenvalue weighted by molar-refractivity contribution is 0.317. The number of benzene rings is 1. The van der Waals surface area contributed by atoms with Crippen molar-refractivity contribution in [2.45, 2.75) is 31.1 Å². The molecule has 0 N–H and O–H groups in total. The van der Waals surface area contributed by atoms with Crippen LogP contribution in [0.4, 0.5) is 0 Å². The lowest BCUT2D eigenvalue weighted by Gasteiger charge is -2.15. The predicted molar refractivity (Wildman–Crippen MR) is 70.2 cm³/mol. The van der Waals surface area contributed by atoms with Crippen LogP contribution in [0.25, 0.3) is 0 Å². The Hall–Kier alpha value is -1.07. The minimum Gasteiger partial charge on any atom is -0.494 e. The summed E-state index contributed by atoms with van der Waals surface area (Å²) in [6.45, 7) is 3.96. The molecule has 0 unspecified atom stereocenters. The van der Waals surface area contributed by atoms with E-state index in [-0.39, 0.29) is 0 Å². The normalized spacial score (nSPS) is 16.9. The van der Waals surface area contributed by atoms with Crippen LogP contribution in [0, 0.1) is 0 Å². The third-order valence-corrected chi connectivity index (χ3v) is 4.91. The Bertz CT molecular complexity index is 475. The molecule has 1 aliphatic rings. The first-order valence-electron chi connectivity index (χ1n) is 6.37. The molecule has 0 radical (unpaired) electrons. The second kappa shape index (κ2) is 5.71. The smallest absolute Gasteiger partial charge is 0.243 e. The zero-order valence-electron chi connectivity index (χ0n) is 10.6. The zero-order chi connectivity index (χ0) is 13.0. The number of ether oxygens (including phenoxy) is 1. The molecule has 1 aromatic rings. The largest absolute Gasteiger partial charge is 0.494 e. The summed E-state index contributed by atoms with van der Waals surface area (Å²) in [5.41, 5.74) is 0. The number of hydrogen-bond acceptors (Lipinski definition) is 3. The third-order valence-electron chi connectivity index (χ3n) is 3.00. The van der Waals surface area contributed by atoms with Gasteiger partial charge in [0.15, 0.2) is 0 Å². The third kappa shape index (κ3) is 2.84. The molecule has 0 aliphatic carbocycles. The highest BCUT2D eigenvalue weighted by atomic mass is 32.2. The van der Waals surface area contributed by atoms with Gasteiger partial charge in [-0.15, -0.1) is 0 Å². The summed E-state index contributed by atoms with van der Waals surface area (Å²) in [6, 6.07) is 6.69. The molecule has 5 heteroatoms. The summed E-state index contributed by atoms with van der Waals surface area (Å²) in [6.07, 6.45) is 2.85. The second-order valence-corrected chi connectivity index (χ2v) is 6.37. The molecule has 1 heterocycles. The highest BCUT2D eigenvalue weighted by Gasteiger charge is 2.26. The van der Waals surface area contributed by atoms with Crippen LogP contribution in [0.1, 0.15) is 26.2 Å². The second-order valence-electron chi connectivity index (χ2n) is 4.43. The zero-order valence-corrected chi connectivity index (χ0v) is 11.4. The average Bonchev–Trinajstić information content (AvgIpc) is 2.91. The maximum Gasteiger partial charge on any atom is 0.243 e. The molecule has 1 saturated heterocycles. The van der Waals surface area contributed by atoms with Crippen molar-refractivity contribution in [3.05, 3.63) is 24.3 Å². The van der Waals surface area contributed by atoms with Gasteiger partial charge in [0, 0.05) is 13.1 Å². The van der Waals surface area contributed by atoms with Crippen LogP contribution in [0.15, 0.2) is 29.2 Å². The van der Waals surface area contributed by atoms with Crippen molar-refractivity contribution in [3.8, 4) is 5.75 Å². The van der Waals surface area contributed by atoms with E-state index in [1.54, 1.807) is 28.6 Å². The van der Waals surface area contributed by atoms with Gasteiger partial charge in [-0.3, -0.25) is 0 Å². The van der Waals surface area contributed by atoms with Gasteiger partial charge in [0.25, 0.3) is 0 Å². The first-order valence-corrected chi connectivity index (χ1v) is 7.81. The van der Waals surface area contributed by atoms with Crippen molar-refractivity contribution in [3.63, 3.8) is 0 Å². The summed E-state index contributed by atoms with van der Waals surface area (Å²) in [7, 11) is -3.30. The van der Waals surface area contributed by atoms with Crippen molar-refractivity contribution in [1.29, 1.82) is 0 Å². The van der Waals surface area contributed by atoms with E-state index >= 15 is 0 Å². The highest BCUT2D eigenvalue weighted by Crippen LogP contribution is 2.22. The Morgan fingerprint density at radius 2 is 1.78 bits per heavy atom. The van der Waals surface area contributed by atoms with E-state index in [2.05, 4.69) is 0 Å². The van der Waals surface area contributed by atoms with Gasteiger partial charge in [-0.2, -0.15) is 4.31 Å². The number of hydrogen-bond donors (Lipinski definition) is 0. The standard InChI is InChI=1S/C13H19NO3S/c1-2-11-17-12-5-7-13(8-6-12)18(15,16)14-9-3-4-10-14/h5-8H,2-4,9-11H2,1H3. The molecule has 0 spiro atoms. The quantitative estimate of drug-likeness (QED) is 0.823. The van der Waals surface area contributed by atoms with Crippen molar-refractivity contribution in [2.75, 3.05) is 19.7 Å².